The van der Waals surface area contributed by atoms with Crippen molar-refractivity contribution in [2.45, 2.75) is 17.1 Å². The Morgan fingerprint density at radius 2 is 2.04 bits per heavy atom. The van der Waals surface area contributed by atoms with Gasteiger partial charge in [0, 0.05) is 42.0 Å². The van der Waals surface area contributed by atoms with Crippen LogP contribution in [0.3, 0.4) is 0 Å². The third-order valence-corrected chi connectivity index (χ3v) is 5.79. The second-order valence-electron chi connectivity index (χ2n) is 6.43. The predicted octanol–water partition coefficient (Wildman–Crippen LogP) is 4.49. The third-order valence-electron chi connectivity index (χ3n) is 4.65. The summed E-state index contributed by atoms with van der Waals surface area (Å²) in [6.07, 6.45) is 4.22. The van der Waals surface area contributed by atoms with Crippen LogP contribution in [0.2, 0.25) is 0 Å². The van der Waals surface area contributed by atoms with Crippen molar-refractivity contribution in [3.8, 4) is 0 Å². The first-order valence-electron chi connectivity index (χ1n) is 8.83. The SMILES string of the molecule is O=C(c1ccc(SCc2cccnc2)c([N+](=O)[O-])c1)N1CCc2ccccc21. The van der Waals surface area contributed by atoms with Gasteiger partial charge < -0.3 is 4.90 Å². The molecule has 0 spiro atoms. The van der Waals surface area contributed by atoms with Crippen LogP contribution in [0.15, 0.2) is 71.9 Å². The Morgan fingerprint density at radius 1 is 1.18 bits per heavy atom. The molecule has 3 aromatic rings. The maximum atomic E-state index is 13.0. The van der Waals surface area contributed by atoms with Crippen molar-refractivity contribution in [1.82, 2.24) is 4.98 Å². The van der Waals surface area contributed by atoms with Crippen LogP contribution >= 0.6 is 11.8 Å². The fraction of sp³-hybridized carbons (Fsp3) is 0.143. The summed E-state index contributed by atoms with van der Waals surface area (Å²) >= 11 is 1.36. The first-order chi connectivity index (χ1) is 13.6. The average molecular weight is 391 g/mol. The van der Waals surface area contributed by atoms with Crippen LogP contribution in [0.1, 0.15) is 21.5 Å². The van der Waals surface area contributed by atoms with Gasteiger partial charge in [-0.2, -0.15) is 0 Å². The Morgan fingerprint density at radius 3 is 2.82 bits per heavy atom. The summed E-state index contributed by atoms with van der Waals surface area (Å²) in [6.45, 7) is 0.587. The average Bonchev–Trinajstić information content (AvgIpc) is 3.16. The molecule has 6 nitrogen and oxygen atoms in total. The molecule has 2 heterocycles. The van der Waals surface area contributed by atoms with Gasteiger partial charge in [0.1, 0.15) is 0 Å². The molecule has 140 valence electrons. The van der Waals surface area contributed by atoms with Crippen LogP contribution in [-0.2, 0) is 12.2 Å². The number of aromatic nitrogens is 1. The molecule has 2 aromatic carbocycles. The quantitative estimate of drug-likeness (QED) is 0.364. The number of thioether (sulfide) groups is 1. The number of hydrogen-bond donors (Lipinski definition) is 0. The predicted molar refractivity (Wildman–Crippen MR) is 109 cm³/mol. The Labute approximate surface area is 166 Å². The Hall–Kier alpha value is -3.19. The molecule has 1 aliphatic heterocycles. The molecule has 1 amide bonds. The van der Waals surface area contributed by atoms with E-state index in [-0.39, 0.29) is 11.6 Å². The van der Waals surface area contributed by atoms with E-state index in [1.54, 1.807) is 29.4 Å². The van der Waals surface area contributed by atoms with E-state index >= 15 is 0 Å². The van der Waals surface area contributed by atoms with Crippen molar-refractivity contribution >= 4 is 29.0 Å². The fourth-order valence-corrected chi connectivity index (χ4v) is 4.20. The van der Waals surface area contributed by atoms with Crippen LogP contribution in [0.4, 0.5) is 11.4 Å². The summed E-state index contributed by atoms with van der Waals surface area (Å²) in [6, 6.07) is 16.2. The van der Waals surface area contributed by atoms with Crippen LogP contribution < -0.4 is 4.90 Å². The number of nitrogens with zero attached hydrogens (tertiary/aromatic N) is 3. The molecule has 0 atom stereocenters. The summed E-state index contributed by atoms with van der Waals surface area (Å²) in [5.41, 5.74) is 3.26. The van der Waals surface area contributed by atoms with Crippen molar-refractivity contribution < 1.29 is 9.72 Å². The number of carbonyl (C=O) groups excluding carboxylic acids is 1. The standard InChI is InChI=1S/C21H17N3O3S/c25-21(23-11-9-16-5-1-2-6-18(16)23)17-7-8-20(19(12-17)24(26)27)28-14-15-4-3-10-22-13-15/h1-8,10,12-13H,9,11,14H2. The highest BCUT2D eigenvalue weighted by Gasteiger charge is 2.27. The monoisotopic (exact) mass is 391 g/mol. The Balaban J connectivity index is 1.58. The molecule has 0 saturated carbocycles. The van der Waals surface area contributed by atoms with Gasteiger partial charge >= 0.3 is 0 Å². The van der Waals surface area contributed by atoms with E-state index in [0.717, 1.165) is 23.2 Å². The number of para-hydroxylation sites is 1. The lowest BCUT2D eigenvalue weighted by molar-refractivity contribution is -0.387. The zero-order valence-corrected chi connectivity index (χ0v) is 15.8. The Kier molecular flexibility index (Phi) is 5.08. The van der Waals surface area contributed by atoms with Crippen molar-refractivity contribution in [1.29, 1.82) is 0 Å². The van der Waals surface area contributed by atoms with E-state index < -0.39 is 4.92 Å². The summed E-state index contributed by atoms with van der Waals surface area (Å²) < 4.78 is 0. The van der Waals surface area contributed by atoms with Gasteiger partial charge in [-0.05, 0) is 41.8 Å². The van der Waals surface area contributed by atoms with Gasteiger partial charge in [0.25, 0.3) is 11.6 Å². The lowest BCUT2D eigenvalue weighted by Crippen LogP contribution is -2.28. The number of rotatable bonds is 5. The molecule has 0 fully saturated rings. The van der Waals surface area contributed by atoms with Crippen molar-refractivity contribution in [2.24, 2.45) is 0 Å². The van der Waals surface area contributed by atoms with Gasteiger partial charge in [-0.3, -0.25) is 19.9 Å². The van der Waals surface area contributed by atoms with Gasteiger partial charge in [-0.25, -0.2) is 0 Å². The van der Waals surface area contributed by atoms with Crippen LogP contribution in [0.5, 0.6) is 0 Å². The molecule has 0 bridgehead atoms. The summed E-state index contributed by atoms with van der Waals surface area (Å²) in [5, 5.41) is 11.6. The minimum atomic E-state index is -0.430. The summed E-state index contributed by atoms with van der Waals surface area (Å²) in [4.78, 5) is 30.4. The molecule has 0 unspecified atom stereocenters. The minimum absolute atomic E-state index is 0.0489. The largest absolute Gasteiger partial charge is 0.308 e. The molecule has 1 aliphatic rings. The number of carbonyl (C=O) groups is 1. The van der Waals surface area contributed by atoms with E-state index in [4.69, 9.17) is 0 Å². The highest BCUT2D eigenvalue weighted by atomic mass is 32.2. The number of nitro groups is 1. The normalized spacial score (nSPS) is 12.6. The van der Waals surface area contributed by atoms with Crippen LogP contribution in [0, 0.1) is 10.1 Å². The van der Waals surface area contributed by atoms with Gasteiger partial charge in [0.05, 0.1) is 9.82 Å². The molecular weight excluding hydrogens is 374 g/mol. The molecule has 28 heavy (non-hydrogen) atoms. The second kappa shape index (κ2) is 7.82. The highest BCUT2D eigenvalue weighted by Crippen LogP contribution is 2.34. The maximum Gasteiger partial charge on any atom is 0.283 e. The molecule has 4 rings (SSSR count). The molecule has 0 radical (unpaired) electrons. The van der Waals surface area contributed by atoms with Crippen molar-refractivity contribution in [3.63, 3.8) is 0 Å². The number of anilines is 1. The van der Waals surface area contributed by atoms with Crippen molar-refractivity contribution in [2.75, 3.05) is 11.4 Å². The van der Waals surface area contributed by atoms with Crippen molar-refractivity contribution in [3.05, 3.63) is 93.8 Å². The molecule has 7 heteroatoms. The van der Waals surface area contributed by atoms with Gasteiger partial charge in [0.2, 0.25) is 0 Å². The third kappa shape index (κ3) is 3.61. The van der Waals surface area contributed by atoms with Gasteiger partial charge in [0.15, 0.2) is 0 Å². The zero-order chi connectivity index (χ0) is 19.5. The molecule has 0 aliphatic carbocycles. The van der Waals surface area contributed by atoms with Gasteiger partial charge in [-0.15, -0.1) is 11.8 Å². The molecular formula is C21H17N3O3S. The van der Waals surface area contributed by atoms with E-state index in [1.165, 1.54) is 17.8 Å². The number of amides is 1. The van der Waals surface area contributed by atoms with Crippen LogP contribution in [-0.4, -0.2) is 22.4 Å². The zero-order valence-electron chi connectivity index (χ0n) is 14.9. The Bertz CT molecular complexity index is 1040. The summed E-state index contributed by atoms with van der Waals surface area (Å²) in [7, 11) is 0. The van der Waals surface area contributed by atoms with E-state index in [0.29, 0.717) is 22.8 Å². The van der Waals surface area contributed by atoms with E-state index in [2.05, 4.69) is 4.98 Å². The first-order valence-corrected chi connectivity index (χ1v) is 9.82. The fourth-order valence-electron chi connectivity index (χ4n) is 3.26. The number of hydrogen-bond acceptors (Lipinski definition) is 5. The minimum Gasteiger partial charge on any atom is -0.308 e. The number of fused-ring (bicyclic) bond motifs is 1. The van der Waals surface area contributed by atoms with Crippen LogP contribution in [0.25, 0.3) is 0 Å². The number of nitro benzene ring substituents is 1. The first kappa shape index (κ1) is 18.2. The maximum absolute atomic E-state index is 13.0. The molecule has 1 aromatic heterocycles. The lowest BCUT2D eigenvalue weighted by Gasteiger charge is -2.17. The van der Waals surface area contributed by atoms with Gasteiger partial charge in [-0.1, -0.05) is 24.3 Å². The number of benzene rings is 2. The van der Waals surface area contributed by atoms with E-state index in [9.17, 15) is 14.9 Å². The van der Waals surface area contributed by atoms with E-state index in [1.807, 2.05) is 36.4 Å². The number of pyridine rings is 1. The topological polar surface area (TPSA) is 76.3 Å². The molecule has 0 N–H and O–H groups in total. The molecule has 0 saturated heterocycles. The smallest absolute Gasteiger partial charge is 0.283 e. The lowest BCUT2D eigenvalue weighted by atomic mass is 10.1. The second-order valence-corrected chi connectivity index (χ2v) is 7.44. The highest BCUT2D eigenvalue weighted by molar-refractivity contribution is 7.98. The summed E-state index contributed by atoms with van der Waals surface area (Å²) in [5.74, 6) is 0.360.